The first-order valence-corrected chi connectivity index (χ1v) is 9.72. The van der Waals surface area contributed by atoms with E-state index in [1.807, 2.05) is 0 Å². The number of sulfonamides is 1. The molecular weight excluding hydrogens is 338 g/mol. The Hall–Kier alpha value is -2.54. The zero-order chi connectivity index (χ0) is 18.0. The molecule has 0 radical (unpaired) electrons. The average Bonchev–Trinajstić information content (AvgIpc) is 2.99. The summed E-state index contributed by atoms with van der Waals surface area (Å²) in [5.41, 5.74) is 2.07. The normalized spacial score (nSPS) is 12.0. The van der Waals surface area contributed by atoms with Gasteiger partial charge in [0, 0.05) is 5.92 Å². The molecule has 0 aliphatic carbocycles. The first-order valence-electron chi connectivity index (χ1n) is 8.24. The Labute approximate surface area is 147 Å². The Morgan fingerprint density at radius 2 is 1.80 bits per heavy atom. The van der Waals surface area contributed by atoms with E-state index >= 15 is 0 Å². The molecule has 3 N–H and O–H groups in total. The maximum atomic E-state index is 12.4. The maximum absolute atomic E-state index is 12.4. The third-order valence-corrected chi connectivity index (χ3v) is 5.67. The van der Waals surface area contributed by atoms with E-state index in [0.717, 1.165) is 29.7 Å². The van der Waals surface area contributed by atoms with E-state index in [-0.39, 0.29) is 10.6 Å². The van der Waals surface area contributed by atoms with Crippen molar-refractivity contribution >= 4 is 26.7 Å². The van der Waals surface area contributed by atoms with Crippen molar-refractivity contribution in [3.8, 4) is 5.75 Å². The van der Waals surface area contributed by atoms with Gasteiger partial charge >= 0.3 is 0 Å². The zero-order valence-electron chi connectivity index (χ0n) is 14.2. The lowest BCUT2D eigenvalue weighted by Gasteiger charge is -2.08. The number of anilines is 1. The Morgan fingerprint density at radius 1 is 1.12 bits per heavy atom. The quantitative estimate of drug-likeness (QED) is 0.620. The van der Waals surface area contributed by atoms with Gasteiger partial charge in [-0.25, -0.2) is 13.4 Å². The minimum atomic E-state index is -3.71. The van der Waals surface area contributed by atoms with E-state index in [2.05, 4.69) is 28.5 Å². The molecule has 0 aliphatic heterocycles. The van der Waals surface area contributed by atoms with Crippen LogP contribution in [-0.4, -0.2) is 23.5 Å². The average molecular weight is 359 g/mol. The monoisotopic (exact) mass is 359 g/mol. The summed E-state index contributed by atoms with van der Waals surface area (Å²) in [7, 11) is -3.71. The number of aromatic amines is 1. The van der Waals surface area contributed by atoms with Gasteiger partial charge in [0.1, 0.15) is 11.6 Å². The Kier molecular flexibility index (Phi) is 4.67. The molecule has 0 spiro atoms. The minimum absolute atomic E-state index is 0.0201. The number of imidazole rings is 1. The van der Waals surface area contributed by atoms with Gasteiger partial charge < -0.3 is 10.1 Å². The summed E-state index contributed by atoms with van der Waals surface area (Å²) in [6.45, 7) is 4.25. The third kappa shape index (κ3) is 3.61. The highest BCUT2D eigenvalue weighted by Crippen LogP contribution is 2.26. The van der Waals surface area contributed by atoms with E-state index in [0.29, 0.717) is 11.6 Å². The fourth-order valence-corrected chi connectivity index (χ4v) is 3.85. The summed E-state index contributed by atoms with van der Waals surface area (Å²) in [5, 5.41) is 9.29. The van der Waals surface area contributed by atoms with Crippen LogP contribution in [0.1, 0.15) is 38.4 Å². The van der Waals surface area contributed by atoms with Crippen molar-refractivity contribution in [1.82, 2.24) is 9.97 Å². The molecule has 3 aromatic rings. The van der Waals surface area contributed by atoms with Crippen molar-refractivity contribution < 1.29 is 13.5 Å². The summed E-state index contributed by atoms with van der Waals surface area (Å²) in [6, 6.07) is 10.6. The second kappa shape index (κ2) is 6.76. The number of hydrogen-bond acceptors (Lipinski definition) is 4. The van der Waals surface area contributed by atoms with Crippen molar-refractivity contribution in [3.05, 3.63) is 48.3 Å². The maximum Gasteiger partial charge on any atom is 0.261 e. The fraction of sp³-hybridized carbons (Fsp3) is 0.278. The zero-order valence-corrected chi connectivity index (χ0v) is 15.0. The van der Waals surface area contributed by atoms with Crippen molar-refractivity contribution in [2.75, 3.05) is 4.72 Å². The van der Waals surface area contributed by atoms with Gasteiger partial charge in [0.05, 0.1) is 21.6 Å². The number of H-pyrrole nitrogens is 1. The molecule has 0 saturated heterocycles. The van der Waals surface area contributed by atoms with Crippen LogP contribution in [0.15, 0.2) is 47.4 Å². The Morgan fingerprint density at radius 3 is 2.44 bits per heavy atom. The molecule has 0 saturated carbocycles. The first-order chi connectivity index (χ1) is 11.9. The van der Waals surface area contributed by atoms with E-state index in [1.165, 1.54) is 24.3 Å². The predicted octanol–water partition coefficient (Wildman–Crippen LogP) is 3.97. The summed E-state index contributed by atoms with van der Waals surface area (Å²) < 4.78 is 27.4. The molecule has 2 aromatic carbocycles. The molecule has 0 aliphatic rings. The van der Waals surface area contributed by atoms with Gasteiger partial charge in [-0.3, -0.25) is 4.72 Å². The summed E-state index contributed by atoms with van der Waals surface area (Å²) in [6.07, 6.45) is 1.99. The molecule has 0 unspecified atom stereocenters. The van der Waals surface area contributed by atoms with E-state index in [4.69, 9.17) is 0 Å². The SMILES string of the molecule is CCC(CC)c1nc2ccc(NS(=O)(=O)c3ccc(O)cc3)cc2[nH]1. The van der Waals surface area contributed by atoms with E-state index in [1.54, 1.807) is 18.2 Å². The predicted molar refractivity (Wildman–Crippen MR) is 98.3 cm³/mol. The highest BCUT2D eigenvalue weighted by molar-refractivity contribution is 7.92. The minimum Gasteiger partial charge on any atom is -0.508 e. The van der Waals surface area contributed by atoms with Crippen LogP contribution in [0.4, 0.5) is 5.69 Å². The first kappa shape index (κ1) is 17.3. The largest absolute Gasteiger partial charge is 0.508 e. The second-order valence-electron chi connectivity index (χ2n) is 5.97. The molecular formula is C18H21N3O3S. The molecule has 7 heteroatoms. The fourth-order valence-electron chi connectivity index (χ4n) is 2.80. The number of aromatic hydroxyl groups is 1. The number of nitrogens with zero attached hydrogens (tertiary/aromatic N) is 1. The van der Waals surface area contributed by atoms with Crippen LogP contribution < -0.4 is 4.72 Å². The van der Waals surface area contributed by atoms with Crippen LogP contribution in [0, 0.1) is 0 Å². The van der Waals surface area contributed by atoms with Crippen molar-refractivity contribution in [3.63, 3.8) is 0 Å². The van der Waals surface area contributed by atoms with Gasteiger partial charge in [0.2, 0.25) is 0 Å². The highest BCUT2D eigenvalue weighted by atomic mass is 32.2. The van der Waals surface area contributed by atoms with Crippen molar-refractivity contribution in [1.29, 1.82) is 0 Å². The van der Waals surface area contributed by atoms with E-state index in [9.17, 15) is 13.5 Å². The Bertz CT molecular complexity index is 974. The molecule has 0 atom stereocenters. The molecule has 0 amide bonds. The topological polar surface area (TPSA) is 95.1 Å². The van der Waals surface area contributed by atoms with E-state index < -0.39 is 10.0 Å². The lowest BCUT2D eigenvalue weighted by atomic mass is 10.0. The number of fused-ring (bicyclic) bond motifs is 1. The number of benzene rings is 2. The van der Waals surface area contributed by atoms with Gasteiger partial charge in [0.15, 0.2) is 0 Å². The van der Waals surface area contributed by atoms with Gasteiger partial charge in [0.25, 0.3) is 10.0 Å². The van der Waals surface area contributed by atoms with Crippen LogP contribution in [0.5, 0.6) is 5.75 Å². The molecule has 3 rings (SSSR count). The van der Waals surface area contributed by atoms with Crippen molar-refractivity contribution in [2.45, 2.75) is 37.5 Å². The van der Waals surface area contributed by atoms with Crippen LogP contribution in [0.25, 0.3) is 11.0 Å². The van der Waals surface area contributed by atoms with Crippen molar-refractivity contribution in [2.24, 2.45) is 0 Å². The number of hydrogen-bond donors (Lipinski definition) is 3. The van der Waals surface area contributed by atoms with Gasteiger partial charge in [-0.15, -0.1) is 0 Å². The van der Waals surface area contributed by atoms with Crippen LogP contribution in [0.3, 0.4) is 0 Å². The number of phenols is 1. The molecule has 0 bridgehead atoms. The number of nitrogens with one attached hydrogen (secondary N) is 2. The van der Waals surface area contributed by atoms with Gasteiger partial charge in [-0.1, -0.05) is 13.8 Å². The number of rotatable bonds is 6. The standard InChI is InChI=1S/C18H21N3O3S/c1-3-12(4-2)18-19-16-10-5-13(11-17(16)20-18)21-25(23,24)15-8-6-14(22)7-9-15/h5-12,21-22H,3-4H2,1-2H3,(H,19,20). The summed E-state index contributed by atoms with van der Waals surface area (Å²) >= 11 is 0. The molecule has 1 aromatic heterocycles. The number of phenolic OH excluding ortho intramolecular Hbond substituents is 1. The third-order valence-electron chi connectivity index (χ3n) is 4.27. The molecule has 25 heavy (non-hydrogen) atoms. The van der Waals surface area contributed by atoms with Crippen LogP contribution in [-0.2, 0) is 10.0 Å². The Balaban J connectivity index is 1.90. The molecule has 6 nitrogen and oxygen atoms in total. The van der Waals surface area contributed by atoms with Crippen LogP contribution >= 0.6 is 0 Å². The van der Waals surface area contributed by atoms with Gasteiger partial charge in [-0.05, 0) is 55.3 Å². The lowest BCUT2D eigenvalue weighted by Crippen LogP contribution is -2.12. The smallest absolute Gasteiger partial charge is 0.261 e. The molecule has 132 valence electrons. The summed E-state index contributed by atoms with van der Waals surface area (Å²) in [4.78, 5) is 7.98. The second-order valence-corrected chi connectivity index (χ2v) is 7.65. The number of aromatic nitrogens is 2. The van der Waals surface area contributed by atoms with Gasteiger partial charge in [-0.2, -0.15) is 0 Å². The lowest BCUT2D eigenvalue weighted by molar-refractivity contribution is 0.475. The summed E-state index contributed by atoms with van der Waals surface area (Å²) in [5.74, 6) is 1.31. The molecule has 0 fully saturated rings. The van der Waals surface area contributed by atoms with Crippen LogP contribution in [0.2, 0.25) is 0 Å². The highest BCUT2D eigenvalue weighted by Gasteiger charge is 2.16. The molecule has 1 heterocycles.